The molecule has 0 saturated carbocycles. The zero-order valence-electron chi connectivity index (χ0n) is 3.94. The van der Waals surface area contributed by atoms with E-state index in [0.29, 0.717) is 0 Å². The fourth-order valence-corrected chi connectivity index (χ4v) is 0. The molecule has 0 amide bonds. The van der Waals surface area contributed by atoms with Gasteiger partial charge in [-0.05, 0) is 0 Å². The summed E-state index contributed by atoms with van der Waals surface area (Å²) in [4.78, 5) is 0. The summed E-state index contributed by atoms with van der Waals surface area (Å²) in [6.07, 6.45) is 0. The zero-order valence-corrected chi connectivity index (χ0v) is 5.64. The average Bonchev–Trinajstić information content (AvgIpc) is 0. The van der Waals surface area contributed by atoms with E-state index in [-0.39, 0.29) is 65.5 Å². The molecule has 0 fully saturated rings. The van der Waals surface area contributed by atoms with Crippen LogP contribution in [0.2, 0.25) is 0 Å². The van der Waals surface area contributed by atoms with Crippen LogP contribution in [0.4, 0.5) is 0 Å². The molecule has 27 valence electrons. The first kappa shape index (κ1) is 42.0. The van der Waals surface area contributed by atoms with Crippen molar-refractivity contribution in [3.05, 3.63) is 0 Å². The Morgan fingerprint density at radius 1 is 1.25 bits per heavy atom. The monoisotopic (exact) mass is 155 g/mol. The predicted molar refractivity (Wildman–Crippen MR) is 11.6 cm³/mol. The maximum Gasteiger partial charge on any atom is 2.00 e. The Hall–Kier alpha value is 1.77. The summed E-state index contributed by atoms with van der Waals surface area (Å²) in [5.41, 5.74) is 0. The molecular formula is H4FeMgMnO. The standard InChI is InChI=1S/Fe.Mg.Mn.H2O.2H/h;;;1H2;;/q;+2;;;2*-1. The van der Waals surface area contributed by atoms with Gasteiger partial charge in [-0.25, -0.2) is 0 Å². The molecule has 4 heteroatoms. The Bertz CT molecular complexity index is 13.5. The molecular weight excluding hydrogens is 151 g/mol. The van der Waals surface area contributed by atoms with Gasteiger partial charge in [-0.3, -0.25) is 0 Å². The van der Waals surface area contributed by atoms with Gasteiger partial charge in [0, 0.05) is 34.1 Å². The van der Waals surface area contributed by atoms with Crippen molar-refractivity contribution in [1.82, 2.24) is 0 Å². The molecule has 0 rings (SSSR count). The summed E-state index contributed by atoms with van der Waals surface area (Å²) in [5.74, 6) is 0. The third-order valence-electron chi connectivity index (χ3n) is 0. The van der Waals surface area contributed by atoms with E-state index in [4.69, 9.17) is 0 Å². The third-order valence-corrected chi connectivity index (χ3v) is 0. The van der Waals surface area contributed by atoms with Gasteiger partial charge in [-0.2, -0.15) is 0 Å². The van der Waals surface area contributed by atoms with Crippen LogP contribution in [-0.2, 0) is 34.1 Å². The van der Waals surface area contributed by atoms with Crippen molar-refractivity contribution < 1.29 is 42.5 Å². The first-order valence-corrected chi connectivity index (χ1v) is 0. The van der Waals surface area contributed by atoms with E-state index in [1.165, 1.54) is 0 Å². The molecule has 0 bridgehead atoms. The fourth-order valence-electron chi connectivity index (χ4n) is 0. The molecule has 0 heterocycles. The molecule has 0 aliphatic rings. The van der Waals surface area contributed by atoms with Gasteiger partial charge in [0.05, 0.1) is 0 Å². The van der Waals surface area contributed by atoms with Crippen molar-refractivity contribution in [2.75, 3.05) is 0 Å². The number of hydrogen-bond donors (Lipinski definition) is 0. The fraction of sp³-hybridized carbons (Fsp3) is 0. The van der Waals surface area contributed by atoms with E-state index in [0.717, 1.165) is 0 Å². The van der Waals surface area contributed by atoms with Gasteiger partial charge in [0.1, 0.15) is 0 Å². The van der Waals surface area contributed by atoms with E-state index < -0.39 is 0 Å². The van der Waals surface area contributed by atoms with Crippen LogP contribution in [0.3, 0.4) is 0 Å². The van der Waals surface area contributed by atoms with Crippen LogP contribution >= 0.6 is 0 Å². The van der Waals surface area contributed by atoms with Crippen LogP contribution in [0.5, 0.6) is 0 Å². The molecule has 0 aromatic heterocycles. The van der Waals surface area contributed by atoms with Crippen LogP contribution in [-0.4, -0.2) is 28.5 Å². The first-order chi connectivity index (χ1) is 0. The van der Waals surface area contributed by atoms with E-state index in [1.54, 1.807) is 0 Å². The predicted octanol–water partition coefficient (Wildman–Crippen LogP) is -0.986. The Labute approximate surface area is 65.3 Å². The smallest absolute Gasteiger partial charge is 1.00 e. The maximum atomic E-state index is 0. The quantitative estimate of drug-likeness (QED) is 0.402. The number of hydrogen-bond acceptors (Lipinski definition) is 0. The maximum absolute atomic E-state index is 0. The van der Waals surface area contributed by atoms with Crippen molar-refractivity contribution in [3.63, 3.8) is 0 Å². The van der Waals surface area contributed by atoms with Crippen LogP contribution in [0, 0.1) is 0 Å². The van der Waals surface area contributed by atoms with Crippen molar-refractivity contribution >= 4 is 23.1 Å². The molecule has 0 aliphatic carbocycles. The van der Waals surface area contributed by atoms with Gasteiger partial charge in [-0.15, -0.1) is 0 Å². The molecule has 0 unspecified atom stereocenters. The Kier molecular flexibility index (Phi) is 228. The Balaban J connectivity index is 0. The zero-order chi connectivity index (χ0) is 0. The summed E-state index contributed by atoms with van der Waals surface area (Å²) in [7, 11) is 0. The van der Waals surface area contributed by atoms with E-state index in [1.807, 2.05) is 0 Å². The Morgan fingerprint density at radius 3 is 1.25 bits per heavy atom. The molecule has 0 aromatic carbocycles. The molecule has 0 saturated heterocycles. The van der Waals surface area contributed by atoms with Crippen molar-refractivity contribution in [1.29, 1.82) is 0 Å². The second kappa shape index (κ2) is 21.7. The van der Waals surface area contributed by atoms with E-state index in [2.05, 4.69) is 0 Å². The summed E-state index contributed by atoms with van der Waals surface area (Å²) < 4.78 is 0. The minimum absolute atomic E-state index is 0. The van der Waals surface area contributed by atoms with Crippen LogP contribution < -0.4 is 0 Å². The summed E-state index contributed by atoms with van der Waals surface area (Å²) in [5, 5.41) is 0. The summed E-state index contributed by atoms with van der Waals surface area (Å²) >= 11 is 0. The van der Waals surface area contributed by atoms with Crippen LogP contribution in [0.1, 0.15) is 2.85 Å². The van der Waals surface area contributed by atoms with Gasteiger partial charge in [0.15, 0.2) is 0 Å². The van der Waals surface area contributed by atoms with E-state index >= 15 is 0 Å². The molecule has 2 N–H and O–H groups in total. The molecule has 0 aliphatic heterocycles. The average molecular weight is 155 g/mol. The second-order valence-electron chi connectivity index (χ2n) is 0. The topological polar surface area (TPSA) is 31.5 Å². The molecule has 4 heavy (non-hydrogen) atoms. The minimum atomic E-state index is 0. The van der Waals surface area contributed by atoms with Gasteiger partial charge in [-0.1, -0.05) is 0 Å². The minimum Gasteiger partial charge on any atom is -1.00 e. The van der Waals surface area contributed by atoms with Crippen molar-refractivity contribution in [2.45, 2.75) is 0 Å². The van der Waals surface area contributed by atoms with Crippen LogP contribution in [0.15, 0.2) is 0 Å². The van der Waals surface area contributed by atoms with Crippen molar-refractivity contribution in [3.8, 4) is 0 Å². The van der Waals surface area contributed by atoms with Gasteiger partial charge >= 0.3 is 23.1 Å². The van der Waals surface area contributed by atoms with Gasteiger partial charge in [0.25, 0.3) is 0 Å². The molecule has 0 atom stereocenters. The largest absolute Gasteiger partial charge is 2.00 e. The first-order valence-electron chi connectivity index (χ1n) is 0. The van der Waals surface area contributed by atoms with E-state index in [9.17, 15) is 0 Å². The summed E-state index contributed by atoms with van der Waals surface area (Å²) in [6, 6.07) is 0. The number of rotatable bonds is 0. The van der Waals surface area contributed by atoms with Crippen molar-refractivity contribution in [2.24, 2.45) is 0 Å². The van der Waals surface area contributed by atoms with Crippen LogP contribution in [0.25, 0.3) is 0 Å². The molecule has 0 aromatic rings. The molecule has 0 spiro atoms. The SMILES string of the molecule is O.[Fe].[H-].[H-].[Mg+2].[Mn]. The second-order valence-corrected chi connectivity index (χ2v) is 0. The Morgan fingerprint density at radius 2 is 1.25 bits per heavy atom. The molecule has 1 radical (unpaired) electrons. The third kappa shape index (κ3) is 9.24. The molecule has 1 nitrogen and oxygen atoms in total. The summed E-state index contributed by atoms with van der Waals surface area (Å²) in [6.45, 7) is 0. The van der Waals surface area contributed by atoms with Gasteiger partial charge < -0.3 is 8.33 Å². The normalized spacial score (nSPS) is 0. The van der Waals surface area contributed by atoms with Gasteiger partial charge in [0.2, 0.25) is 0 Å².